The van der Waals surface area contributed by atoms with Gasteiger partial charge in [0.2, 0.25) is 0 Å². The Balaban J connectivity index is 1.70. The molecule has 3 nitrogen and oxygen atoms in total. The van der Waals surface area contributed by atoms with E-state index in [1.807, 2.05) is 0 Å². The van der Waals surface area contributed by atoms with Gasteiger partial charge in [-0.25, -0.2) is 4.39 Å². The fraction of sp³-hybridized carbons (Fsp3) is 0.643. The fourth-order valence-corrected chi connectivity index (χ4v) is 2.47. The molecule has 0 spiro atoms. The highest BCUT2D eigenvalue weighted by Crippen LogP contribution is 2.17. The maximum Gasteiger partial charge on any atom is 0.141 e. The maximum atomic E-state index is 12.9. The molecular weight excluding hydrogens is 229 g/mol. The van der Waals surface area contributed by atoms with Crippen LogP contribution in [0.4, 0.5) is 4.39 Å². The lowest BCUT2D eigenvalue weighted by Crippen LogP contribution is -2.30. The Morgan fingerprint density at radius 1 is 1.50 bits per heavy atom. The molecule has 1 fully saturated rings. The SMILES string of the molecule is CC(C)N1CCC(CNCc2cncc(F)c2)C1. The van der Waals surface area contributed by atoms with Crippen molar-refractivity contribution in [3.63, 3.8) is 0 Å². The minimum atomic E-state index is -0.263. The van der Waals surface area contributed by atoms with Gasteiger partial charge in [-0.1, -0.05) is 0 Å². The van der Waals surface area contributed by atoms with Crippen LogP contribution in [0.1, 0.15) is 25.8 Å². The van der Waals surface area contributed by atoms with Crippen LogP contribution in [0.3, 0.4) is 0 Å². The van der Waals surface area contributed by atoms with Crippen molar-refractivity contribution < 1.29 is 4.39 Å². The van der Waals surface area contributed by atoms with Gasteiger partial charge in [0.25, 0.3) is 0 Å². The number of nitrogens with zero attached hydrogens (tertiary/aromatic N) is 2. The Labute approximate surface area is 108 Å². The average molecular weight is 251 g/mol. The number of hydrogen-bond donors (Lipinski definition) is 1. The standard InChI is InChI=1S/C14H22FN3/c1-11(2)18-4-3-12(10-18)6-16-7-13-5-14(15)9-17-8-13/h5,8-9,11-12,16H,3-4,6-7,10H2,1-2H3. The van der Waals surface area contributed by atoms with Crippen LogP contribution in [-0.2, 0) is 6.54 Å². The Bertz CT molecular complexity index is 381. The highest BCUT2D eigenvalue weighted by Gasteiger charge is 2.23. The lowest BCUT2D eigenvalue weighted by molar-refractivity contribution is 0.264. The summed E-state index contributed by atoms with van der Waals surface area (Å²) in [5.41, 5.74) is 0.911. The van der Waals surface area contributed by atoms with Gasteiger partial charge in [0.05, 0.1) is 6.20 Å². The van der Waals surface area contributed by atoms with E-state index in [1.54, 1.807) is 6.20 Å². The highest BCUT2D eigenvalue weighted by atomic mass is 19.1. The molecule has 1 aromatic heterocycles. The van der Waals surface area contributed by atoms with Gasteiger partial charge >= 0.3 is 0 Å². The van der Waals surface area contributed by atoms with Gasteiger partial charge in [-0.3, -0.25) is 4.98 Å². The molecule has 0 amide bonds. The molecule has 0 aromatic carbocycles. The first-order valence-electron chi connectivity index (χ1n) is 6.69. The molecule has 0 aliphatic carbocycles. The van der Waals surface area contributed by atoms with Crippen LogP contribution in [0.15, 0.2) is 18.5 Å². The number of hydrogen-bond acceptors (Lipinski definition) is 3. The Morgan fingerprint density at radius 2 is 2.33 bits per heavy atom. The summed E-state index contributed by atoms with van der Waals surface area (Å²) in [6.07, 6.45) is 4.21. The fourth-order valence-electron chi connectivity index (χ4n) is 2.47. The van der Waals surface area contributed by atoms with Gasteiger partial charge < -0.3 is 10.2 Å². The third kappa shape index (κ3) is 3.75. The molecule has 2 heterocycles. The normalized spacial score (nSPS) is 20.8. The molecular formula is C14H22FN3. The van der Waals surface area contributed by atoms with E-state index in [0.717, 1.165) is 12.1 Å². The molecule has 1 N–H and O–H groups in total. The summed E-state index contributed by atoms with van der Waals surface area (Å²) in [6.45, 7) is 8.56. The number of pyridine rings is 1. The van der Waals surface area contributed by atoms with Crippen molar-refractivity contribution in [2.24, 2.45) is 5.92 Å². The molecule has 1 aliphatic heterocycles. The van der Waals surface area contributed by atoms with Gasteiger partial charge in [0, 0.05) is 25.3 Å². The van der Waals surface area contributed by atoms with Crippen molar-refractivity contribution in [1.82, 2.24) is 15.2 Å². The second-order valence-electron chi connectivity index (χ2n) is 5.39. The second kappa shape index (κ2) is 6.25. The number of likely N-dealkylation sites (tertiary alicyclic amines) is 1. The second-order valence-corrected chi connectivity index (χ2v) is 5.39. The van der Waals surface area contributed by atoms with E-state index in [-0.39, 0.29) is 5.82 Å². The van der Waals surface area contributed by atoms with E-state index >= 15 is 0 Å². The van der Waals surface area contributed by atoms with Crippen molar-refractivity contribution in [3.8, 4) is 0 Å². The monoisotopic (exact) mass is 251 g/mol. The average Bonchev–Trinajstić information content (AvgIpc) is 2.78. The summed E-state index contributed by atoms with van der Waals surface area (Å²) in [6, 6.07) is 2.18. The van der Waals surface area contributed by atoms with E-state index in [1.165, 1.54) is 31.8 Å². The van der Waals surface area contributed by atoms with E-state index in [4.69, 9.17) is 0 Å². The highest BCUT2D eigenvalue weighted by molar-refractivity contribution is 5.09. The molecule has 0 bridgehead atoms. The smallest absolute Gasteiger partial charge is 0.141 e. The zero-order chi connectivity index (χ0) is 13.0. The van der Waals surface area contributed by atoms with Crippen molar-refractivity contribution in [2.45, 2.75) is 32.9 Å². The Hall–Kier alpha value is -1.00. The molecule has 0 radical (unpaired) electrons. The maximum absolute atomic E-state index is 12.9. The Kier molecular flexibility index (Phi) is 4.66. The van der Waals surface area contributed by atoms with Crippen LogP contribution >= 0.6 is 0 Å². The summed E-state index contributed by atoms with van der Waals surface area (Å²) in [5, 5.41) is 3.40. The topological polar surface area (TPSA) is 28.2 Å². The number of halogens is 1. The predicted octanol–water partition coefficient (Wildman–Crippen LogP) is 2.04. The molecule has 2 rings (SSSR count). The number of nitrogens with one attached hydrogen (secondary N) is 1. The molecule has 1 aliphatic rings. The van der Waals surface area contributed by atoms with E-state index in [0.29, 0.717) is 18.5 Å². The number of rotatable bonds is 5. The van der Waals surface area contributed by atoms with Crippen LogP contribution in [0.5, 0.6) is 0 Å². The van der Waals surface area contributed by atoms with Crippen LogP contribution in [0, 0.1) is 11.7 Å². The summed E-state index contributed by atoms with van der Waals surface area (Å²) in [7, 11) is 0. The van der Waals surface area contributed by atoms with Crippen LogP contribution < -0.4 is 5.32 Å². The summed E-state index contributed by atoms with van der Waals surface area (Å²) < 4.78 is 12.9. The molecule has 1 atom stereocenters. The summed E-state index contributed by atoms with van der Waals surface area (Å²) in [4.78, 5) is 6.36. The van der Waals surface area contributed by atoms with Crippen molar-refractivity contribution in [2.75, 3.05) is 19.6 Å². The van der Waals surface area contributed by atoms with E-state index in [2.05, 4.69) is 29.0 Å². The van der Waals surface area contributed by atoms with Gasteiger partial charge in [0.15, 0.2) is 0 Å². The van der Waals surface area contributed by atoms with Gasteiger partial charge in [0.1, 0.15) is 5.82 Å². The first kappa shape index (κ1) is 13.4. The largest absolute Gasteiger partial charge is 0.312 e. The zero-order valence-corrected chi connectivity index (χ0v) is 11.2. The van der Waals surface area contributed by atoms with Gasteiger partial charge in [-0.05, 0) is 50.9 Å². The molecule has 1 saturated heterocycles. The molecule has 18 heavy (non-hydrogen) atoms. The third-order valence-electron chi connectivity index (χ3n) is 3.57. The quantitative estimate of drug-likeness (QED) is 0.868. The predicted molar refractivity (Wildman–Crippen MR) is 70.7 cm³/mol. The summed E-state index contributed by atoms with van der Waals surface area (Å²) >= 11 is 0. The van der Waals surface area contributed by atoms with Crippen molar-refractivity contribution >= 4 is 0 Å². The molecule has 1 unspecified atom stereocenters. The molecule has 4 heteroatoms. The third-order valence-corrected chi connectivity index (χ3v) is 3.57. The molecule has 100 valence electrons. The zero-order valence-electron chi connectivity index (χ0n) is 11.2. The summed E-state index contributed by atoms with van der Waals surface area (Å²) in [5.74, 6) is 0.454. The van der Waals surface area contributed by atoms with E-state index in [9.17, 15) is 4.39 Å². The van der Waals surface area contributed by atoms with Gasteiger partial charge in [-0.2, -0.15) is 0 Å². The lowest BCUT2D eigenvalue weighted by Gasteiger charge is -2.20. The van der Waals surface area contributed by atoms with Crippen molar-refractivity contribution in [3.05, 3.63) is 29.8 Å². The molecule has 1 aromatic rings. The van der Waals surface area contributed by atoms with Crippen LogP contribution in [0.25, 0.3) is 0 Å². The van der Waals surface area contributed by atoms with Crippen LogP contribution in [-0.4, -0.2) is 35.6 Å². The van der Waals surface area contributed by atoms with E-state index < -0.39 is 0 Å². The Morgan fingerprint density at radius 3 is 3.00 bits per heavy atom. The van der Waals surface area contributed by atoms with Crippen molar-refractivity contribution in [1.29, 1.82) is 0 Å². The minimum Gasteiger partial charge on any atom is -0.312 e. The van der Waals surface area contributed by atoms with Gasteiger partial charge in [-0.15, -0.1) is 0 Å². The van der Waals surface area contributed by atoms with Crippen LogP contribution in [0.2, 0.25) is 0 Å². The molecule has 0 saturated carbocycles. The first-order chi connectivity index (χ1) is 8.65. The minimum absolute atomic E-state index is 0.263. The lowest BCUT2D eigenvalue weighted by atomic mass is 10.1. The number of aromatic nitrogens is 1. The first-order valence-corrected chi connectivity index (χ1v) is 6.69.